The van der Waals surface area contributed by atoms with Crippen LogP contribution in [0, 0.1) is 0 Å². The van der Waals surface area contributed by atoms with Gasteiger partial charge in [0.25, 0.3) is 0 Å². The van der Waals surface area contributed by atoms with Crippen molar-refractivity contribution >= 4 is 17.7 Å². The van der Waals surface area contributed by atoms with Crippen molar-refractivity contribution in [3.05, 3.63) is 53.9 Å². The van der Waals surface area contributed by atoms with Crippen LogP contribution in [0.1, 0.15) is 16.5 Å². The number of rotatable bonds is 5. The van der Waals surface area contributed by atoms with Gasteiger partial charge in [0.15, 0.2) is 0 Å². The largest absolute Gasteiger partial charge is 0.497 e. The molecule has 5 nitrogen and oxygen atoms in total. The lowest BCUT2D eigenvalue weighted by molar-refractivity contribution is -0.128. The van der Waals surface area contributed by atoms with Crippen LogP contribution in [0.25, 0.3) is 0 Å². The molecule has 23 heavy (non-hydrogen) atoms. The first-order chi connectivity index (χ1) is 11.2. The molecule has 2 aromatic rings. The Morgan fingerprint density at radius 3 is 2.70 bits per heavy atom. The molecule has 2 heterocycles. The lowest BCUT2D eigenvalue weighted by atomic mass is 10.1. The molecule has 0 N–H and O–H groups in total. The Kier molecular flexibility index (Phi) is 4.71. The quantitative estimate of drug-likeness (QED) is 0.844. The Morgan fingerprint density at radius 2 is 2.00 bits per heavy atom. The topological polar surface area (TPSA) is 51.7 Å². The van der Waals surface area contributed by atoms with Crippen LogP contribution in [-0.4, -0.2) is 35.8 Å². The van der Waals surface area contributed by atoms with Crippen LogP contribution in [0.4, 0.5) is 0 Å². The number of pyridine rings is 1. The third kappa shape index (κ3) is 3.27. The highest BCUT2D eigenvalue weighted by atomic mass is 32.2. The SMILES string of the molecule is COc1ccc(CN2C(=O)CSC2c2ccncc2)c(OC)c1. The molecule has 0 saturated carbocycles. The Morgan fingerprint density at radius 1 is 1.22 bits per heavy atom. The van der Waals surface area contributed by atoms with Gasteiger partial charge in [-0.25, -0.2) is 0 Å². The van der Waals surface area contributed by atoms with Gasteiger partial charge in [-0.15, -0.1) is 11.8 Å². The van der Waals surface area contributed by atoms with Gasteiger partial charge in [0.1, 0.15) is 16.9 Å². The molecule has 0 bridgehead atoms. The maximum atomic E-state index is 12.3. The normalized spacial score (nSPS) is 17.4. The summed E-state index contributed by atoms with van der Waals surface area (Å²) in [6.07, 6.45) is 3.51. The Balaban J connectivity index is 1.87. The van der Waals surface area contributed by atoms with E-state index in [1.54, 1.807) is 38.4 Å². The first kappa shape index (κ1) is 15.7. The molecule has 1 aliphatic rings. The first-order valence-electron chi connectivity index (χ1n) is 7.25. The standard InChI is InChI=1S/C17H18N2O3S/c1-21-14-4-3-13(15(9-14)22-2)10-19-16(20)11-23-17(19)12-5-7-18-8-6-12/h3-9,17H,10-11H2,1-2H3. The number of aromatic nitrogens is 1. The van der Waals surface area contributed by atoms with Crippen LogP contribution in [0.5, 0.6) is 11.5 Å². The Hall–Kier alpha value is -2.21. The second kappa shape index (κ2) is 6.91. The number of hydrogen-bond acceptors (Lipinski definition) is 5. The Bertz CT molecular complexity index is 693. The van der Waals surface area contributed by atoms with Gasteiger partial charge in [0, 0.05) is 24.0 Å². The lowest BCUT2D eigenvalue weighted by Gasteiger charge is -2.25. The number of carbonyl (C=O) groups is 1. The summed E-state index contributed by atoms with van der Waals surface area (Å²) < 4.78 is 10.7. The minimum atomic E-state index is 0.0114. The highest BCUT2D eigenvalue weighted by molar-refractivity contribution is 8.00. The summed E-state index contributed by atoms with van der Waals surface area (Å²) in [5, 5.41) is 0.0114. The Labute approximate surface area is 139 Å². The number of amides is 1. The number of methoxy groups -OCH3 is 2. The van der Waals surface area contributed by atoms with E-state index in [1.807, 2.05) is 35.2 Å². The molecule has 0 aliphatic carbocycles. The summed E-state index contributed by atoms with van der Waals surface area (Å²) in [4.78, 5) is 18.2. The predicted octanol–water partition coefficient (Wildman–Crippen LogP) is 2.87. The summed E-state index contributed by atoms with van der Waals surface area (Å²) in [5.74, 6) is 2.08. The molecule has 3 rings (SSSR count). The van der Waals surface area contributed by atoms with E-state index >= 15 is 0 Å². The van der Waals surface area contributed by atoms with E-state index in [9.17, 15) is 4.79 Å². The van der Waals surface area contributed by atoms with Gasteiger partial charge in [-0.05, 0) is 29.8 Å². The van der Waals surface area contributed by atoms with Crippen molar-refractivity contribution in [1.29, 1.82) is 0 Å². The fourth-order valence-electron chi connectivity index (χ4n) is 2.60. The number of carbonyl (C=O) groups excluding carboxylic acids is 1. The average Bonchev–Trinajstić information content (AvgIpc) is 2.97. The number of benzene rings is 1. The van der Waals surface area contributed by atoms with E-state index in [1.165, 1.54) is 0 Å². The zero-order valence-electron chi connectivity index (χ0n) is 13.1. The van der Waals surface area contributed by atoms with Gasteiger partial charge in [-0.1, -0.05) is 0 Å². The summed E-state index contributed by atoms with van der Waals surface area (Å²) in [6.45, 7) is 0.506. The molecule has 1 aromatic carbocycles. The number of nitrogens with zero attached hydrogens (tertiary/aromatic N) is 2. The lowest BCUT2D eigenvalue weighted by Crippen LogP contribution is -2.27. The summed E-state index contributed by atoms with van der Waals surface area (Å²) in [7, 11) is 3.24. The summed E-state index contributed by atoms with van der Waals surface area (Å²) in [6, 6.07) is 9.57. The van der Waals surface area contributed by atoms with Crippen LogP contribution < -0.4 is 9.47 Å². The maximum Gasteiger partial charge on any atom is 0.234 e. The number of hydrogen-bond donors (Lipinski definition) is 0. The number of thioether (sulfide) groups is 1. The van der Waals surface area contributed by atoms with E-state index < -0.39 is 0 Å². The van der Waals surface area contributed by atoms with Gasteiger partial charge in [0.2, 0.25) is 5.91 Å². The maximum absolute atomic E-state index is 12.3. The van der Waals surface area contributed by atoms with Gasteiger partial charge >= 0.3 is 0 Å². The molecule has 1 aromatic heterocycles. The molecular weight excluding hydrogens is 312 g/mol. The van der Waals surface area contributed by atoms with Crippen LogP contribution in [-0.2, 0) is 11.3 Å². The van der Waals surface area contributed by atoms with Crippen LogP contribution in [0.15, 0.2) is 42.7 Å². The zero-order valence-corrected chi connectivity index (χ0v) is 13.9. The molecule has 1 unspecified atom stereocenters. The van der Waals surface area contributed by atoms with E-state index in [0.717, 1.165) is 22.6 Å². The molecule has 0 spiro atoms. The minimum absolute atomic E-state index is 0.0114. The zero-order chi connectivity index (χ0) is 16.2. The van der Waals surface area contributed by atoms with Gasteiger partial charge in [-0.2, -0.15) is 0 Å². The van der Waals surface area contributed by atoms with E-state index in [4.69, 9.17) is 9.47 Å². The van der Waals surface area contributed by atoms with E-state index in [0.29, 0.717) is 12.3 Å². The second-order valence-corrected chi connectivity index (χ2v) is 6.21. The average molecular weight is 330 g/mol. The molecule has 0 radical (unpaired) electrons. The third-order valence-electron chi connectivity index (χ3n) is 3.79. The van der Waals surface area contributed by atoms with Crippen LogP contribution in [0.3, 0.4) is 0 Å². The molecule has 6 heteroatoms. The van der Waals surface area contributed by atoms with Crippen molar-refractivity contribution in [1.82, 2.24) is 9.88 Å². The van der Waals surface area contributed by atoms with Crippen molar-refractivity contribution < 1.29 is 14.3 Å². The second-order valence-electron chi connectivity index (χ2n) is 5.14. The molecule has 1 amide bonds. The molecular formula is C17H18N2O3S. The highest BCUT2D eigenvalue weighted by Gasteiger charge is 2.33. The van der Waals surface area contributed by atoms with Gasteiger partial charge in [-0.3, -0.25) is 9.78 Å². The van der Waals surface area contributed by atoms with Crippen molar-refractivity contribution in [2.75, 3.05) is 20.0 Å². The third-order valence-corrected chi connectivity index (χ3v) is 5.05. The predicted molar refractivity (Wildman–Crippen MR) is 89.5 cm³/mol. The van der Waals surface area contributed by atoms with Crippen molar-refractivity contribution in [3.8, 4) is 11.5 Å². The van der Waals surface area contributed by atoms with Crippen molar-refractivity contribution in [2.45, 2.75) is 11.9 Å². The fourth-order valence-corrected chi connectivity index (χ4v) is 3.78. The molecule has 120 valence electrons. The minimum Gasteiger partial charge on any atom is -0.497 e. The van der Waals surface area contributed by atoms with Crippen LogP contribution >= 0.6 is 11.8 Å². The highest BCUT2D eigenvalue weighted by Crippen LogP contribution is 2.40. The molecule has 1 fully saturated rings. The fraction of sp³-hybridized carbons (Fsp3) is 0.294. The van der Waals surface area contributed by atoms with Gasteiger partial charge in [0.05, 0.1) is 26.5 Å². The number of ether oxygens (including phenoxy) is 2. The monoisotopic (exact) mass is 330 g/mol. The van der Waals surface area contributed by atoms with Crippen LogP contribution in [0.2, 0.25) is 0 Å². The molecule has 1 aliphatic heterocycles. The first-order valence-corrected chi connectivity index (χ1v) is 8.29. The summed E-state index contributed by atoms with van der Waals surface area (Å²) >= 11 is 1.64. The van der Waals surface area contributed by atoms with Crippen molar-refractivity contribution in [2.24, 2.45) is 0 Å². The van der Waals surface area contributed by atoms with Gasteiger partial charge < -0.3 is 14.4 Å². The molecule has 1 saturated heterocycles. The molecule has 1 atom stereocenters. The summed E-state index contributed by atoms with van der Waals surface area (Å²) in [5.41, 5.74) is 2.05. The van der Waals surface area contributed by atoms with Crippen molar-refractivity contribution in [3.63, 3.8) is 0 Å². The smallest absolute Gasteiger partial charge is 0.234 e. The van der Waals surface area contributed by atoms with E-state index in [2.05, 4.69) is 4.98 Å². The van der Waals surface area contributed by atoms with E-state index in [-0.39, 0.29) is 11.3 Å².